The number of nitrogens with one attached hydrogen (secondary N) is 2. The fourth-order valence-corrected chi connectivity index (χ4v) is 11.1. The topological polar surface area (TPSA) is 149 Å². The van der Waals surface area contributed by atoms with Crippen LogP contribution in [0.3, 0.4) is 0 Å². The van der Waals surface area contributed by atoms with Crippen LogP contribution in [0.5, 0.6) is 0 Å². The molecule has 352 valence electrons. The molecule has 2 unspecified atom stereocenters. The first-order valence-corrected chi connectivity index (χ1v) is 25.1. The van der Waals surface area contributed by atoms with Crippen molar-refractivity contribution in [2.45, 2.75) is 74.3 Å². The molecule has 0 bridgehead atoms. The Hall–Kier alpha value is -6.74. The van der Waals surface area contributed by atoms with Gasteiger partial charge in [-0.2, -0.15) is 0 Å². The number of aromatic nitrogens is 1. The number of carbonyl (C=O) groups is 4. The van der Waals surface area contributed by atoms with Gasteiger partial charge in [-0.15, -0.1) is 34.7 Å². The summed E-state index contributed by atoms with van der Waals surface area (Å²) in [6, 6.07) is 47.7. The number of hydrogen-bond acceptors (Lipinski definition) is 12. The Bertz CT molecular complexity index is 2740. The molecular formula is C54H50ClN5O7S2. The number of alkyl halides is 1. The predicted octanol–water partition coefficient (Wildman–Crippen LogP) is 9.76. The number of β-lactam (4-membered cyclic amide) rings is 1. The van der Waals surface area contributed by atoms with E-state index in [9.17, 15) is 19.2 Å². The normalized spacial score (nSPS) is 17.8. The van der Waals surface area contributed by atoms with Crippen molar-refractivity contribution in [1.29, 1.82) is 0 Å². The molecule has 1 saturated carbocycles. The van der Waals surface area contributed by atoms with Crippen molar-refractivity contribution in [3.05, 3.63) is 202 Å². The minimum atomic E-state index is -1.42. The monoisotopic (exact) mass is 979 g/mol. The van der Waals surface area contributed by atoms with Gasteiger partial charge in [0, 0.05) is 29.9 Å². The SMILES string of the molecule is CC(C)(C)OC(=O)C1(O/N=C(\C(=O)NC2C(=O)N3C(C(=O)OC(c4ccccc4)c4ccccc4)=C(CCl)CSC23)c2csc(NC(c3ccccc3)(c3ccccc3)c3ccccc3)n2)CCC1. The molecule has 1 saturated heterocycles. The molecule has 3 heterocycles. The van der Waals surface area contributed by atoms with Gasteiger partial charge in [0.05, 0.1) is 0 Å². The third kappa shape index (κ3) is 9.66. The van der Waals surface area contributed by atoms with Crippen molar-refractivity contribution < 1.29 is 33.5 Å². The lowest BCUT2D eigenvalue weighted by Gasteiger charge is -2.49. The number of esters is 2. The Kier molecular flexibility index (Phi) is 13.8. The molecule has 5 aromatic carbocycles. The maximum absolute atomic E-state index is 14.7. The zero-order valence-corrected chi connectivity index (χ0v) is 40.6. The number of fused-ring (bicyclic) bond motifs is 1. The highest BCUT2D eigenvalue weighted by Crippen LogP contribution is 2.44. The maximum atomic E-state index is 14.7. The van der Waals surface area contributed by atoms with Crippen molar-refractivity contribution in [3.8, 4) is 0 Å². The van der Waals surface area contributed by atoms with E-state index in [2.05, 4.69) is 15.8 Å². The van der Waals surface area contributed by atoms with E-state index in [0.717, 1.165) is 27.8 Å². The molecule has 2 fully saturated rings. The lowest BCUT2D eigenvalue weighted by Crippen LogP contribution is -2.71. The third-order valence-corrected chi connectivity index (χ3v) is 14.7. The highest BCUT2D eigenvalue weighted by molar-refractivity contribution is 8.00. The fourth-order valence-electron chi connectivity index (χ4n) is 8.65. The summed E-state index contributed by atoms with van der Waals surface area (Å²) in [7, 11) is 0. The molecule has 1 aliphatic carbocycles. The van der Waals surface area contributed by atoms with Crippen molar-refractivity contribution in [3.63, 3.8) is 0 Å². The molecule has 2 atom stereocenters. The van der Waals surface area contributed by atoms with Gasteiger partial charge >= 0.3 is 11.9 Å². The van der Waals surface area contributed by atoms with Gasteiger partial charge in [0.1, 0.15) is 33.9 Å². The van der Waals surface area contributed by atoms with Gasteiger partial charge in [0.25, 0.3) is 11.8 Å². The molecule has 6 aromatic rings. The number of carbonyl (C=O) groups excluding carboxylic acids is 4. The van der Waals surface area contributed by atoms with E-state index >= 15 is 0 Å². The summed E-state index contributed by atoms with van der Waals surface area (Å²) in [6.07, 6.45) is 0.581. The van der Waals surface area contributed by atoms with Crippen molar-refractivity contribution in [2.75, 3.05) is 16.9 Å². The number of halogens is 1. The summed E-state index contributed by atoms with van der Waals surface area (Å²) in [5.41, 5.74) is 1.66. The van der Waals surface area contributed by atoms with Crippen LogP contribution in [-0.2, 0) is 39.0 Å². The third-order valence-electron chi connectivity index (χ3n) is 12.2. The highest BCUT2D eigenvalue weighted by atomic mass is 35.5. The van der Waals surface area contributed by atoms with Gasteiger partial charge in [0.2, 0.25) is 5.60 Å². The van der Waals surface area contributed by atoms with E-state index in [4.69, 9.17) is 30.9 Å². The molecule has 0 radical (unpaired) electrons. The number of rotatable bonds is 16. The number of benzene rings is 5. The van der Waals surface area contributed by atoms with Crippen LogP contribution in [0.4, 0.5) is 5.13 Å². The Morgan fingerprint density at radius 2 is 1.33 bits per heavy atom. The van der Waals surface area contributed by atoms with Crippen LogP contribution in [0.25, 0.3) is 0 Å². The molecule has 15 heteroatoms. The average Bonchev–Trinajstić information content (AvgIpc) is 3.82. The standard InChI is InChI=1S/C54H50ClN5O7S2/c1-52(2,3)66-50(64)53(30-19-31-53)67-59-42(41-34-69-51(56-41)58-54(38-24-13-6-14-25-38,39-26-15-7-16-27-39)40-28-17-8-18-29-40)46(61)57-43-47(62)60-44(37(32-55)33-68-48(43)60)49(63)65-45(35-20-9-4-10-21-35)36-22-11-5-12-23-36/h4-18,20-29,34,43,45,48H,19,30-33H2,1-3H3,(H,56,58)(H,57,61)/b59-42-. The van der Waals surface area contributed by atoms with Crippen LogP contribution in [0.15, 0.2) is 173 Å². The molecule has 69 heavy (non-hydrogen) atoms. The summed E-state index contributed by atoms with van der Waals surface area (Å²) in [5, 5.41) is 12.5. The van der Waals surface area contributed by atoms with Crippen LogP contribution in [0.1, 0.15) is 79.6 Å². The molecule has 0 spiro atoms. The number of ether oxygens (including phenoxy) is 2. The van der Waals surface area contributed by atoms with Gasteiger partial charge < -0.3 is 24.9 Å². The van der Waals surface area contributed by atoms with Gasteiger partial charge in [-0.1, -0.05) is 157 Å². The molecular weight excluding hydrogens is 930 g/mol. The second-order valence-electron chi connectivity index (χ2n) is 17.9. The largest absolute Gasteiger partial charge is 0.457 e. The zero-order valence-electron chi connectivity index (χ0n) is 38.2. The molecule has 12 nitrogen and oxygen atoms in total. The molecule has 3 aliphatic rings. The number of hydrogen-bond donors (Lipinski definition) is 2. The average molecular weight is 981 g/mol. The number of thioether (sulfide) groups is 1. The minimum absolute atomic E-state index is 0.0138. The van der Waals surface area contributed by atoms with E-state index in [1.54, 1.807) is 26.2 Å². The van der Waals surface area contributed by atoms with Crippen LogP contribution in [0, 0.1) is 0 Å². The quantitative estimate of drug-likeness (QED) is 0.0240. The lowest BCUT2D eigenvalue weighted by molar-refractivity contribution is -0.196. The van der Waals surface area contributed by atoms with Crippen molar-refractivity contribution in [2.24, 2.45) is 5.16 Å². The van der Waals surface area contributed by atoms with Gasteiger partial charge in [-0.3, -0.25) is 14.5 Å². The second-order valence-corrected chi connectivity index (χ2v) is 20.2. The zero-order chi connectivity index (χ0) is 48.2. The highest BCUT2D eigenvalue weighted by Gasteiger charge is 2.55. The van der Waals surface area contributed by atoms with Crippen LogP contribution >= 0.6 is 34.7 Å². The van der Waals surface area contributed by atoms with Crippen LogP contribution in [-0.4, -0.2) is 73.6 Å². The van der Waals surface area contributed by atoms with E-state index < -0.39 is 58.0 Å². The first-order valence-electron chi connectivity index (χ1n) is 22.7. The summed E-state index contributed by atoms with van der Waals surface area (Å²) in [4.78, 5) is 69.4. The Morgan fingerprint density at radius 3 is 1.81 bits per heavy atom. The predicted molar refractivity (Wildman–Crippen MR) is 269 cm³/mol. The summed E-state index contributed by atoms with van der Waals surface area (Å²) < 4.78 is 12.0. The molecule has 2 aliphatic heterocycles. The van der Waals surface area contributed by atoms with Crippen LogP contribution in [0.2, 0.25) is 0 Å². The summed E-state index contributed by atoms with van der Waals surface area (Å²) in [5.74, 6) is -2.31. The van der Waals surface area contributed by atoms with Gasteiger partial charge in [-0.25, -0.2) is 14.6 Å². The maximum Gasteiger partial charge on any atom is 0.356 e. The summed E-state index contributed by atoms with van der Waals surface area (Å²) in [6.45, 7) is 5.31. The van der Waals surface area contributed by atoms with E-state index in [1.165, 1.54) is 28.0 Å². The Balaban J connectivity index is 1.03. The second kappa shape index (κ2) is 20.1. The molecule has 2 amide bonds. The molecule has 9 rings (SSSR count). The summed E-state index contributed by atoms with van der Waals surface area (Å²) >= 11 is 9.06. The Morgan fingerprint density at radius 1 is 0.812 bits per heavy atom. The van der Waals surface area contributed by atoms with Crippen LogP contribution < -0.4 is 10.6 Å². The fraction of sp³-hybridized carbons (Fsp3) is 0.259. The van der Waals surface area contributed by atoms with E-state index in [1.807, 2.05) is 152 Å². The van der Waals surface area contributed by atoms with Gasteiger partial charge in [0.15, 0.2) is 16.9 Å². The number of oxime groups is 1. The smallest absolute Gasteiger partial charge is 0.356 e. The number of thiazole rings is 1. The number of amides is 2. The first kappa shape index (κ1) is 47.3. The van der Waals surface area contributed by atoms with Crippen molar-refractivity contribution >= 4 is 69.3 Å². The minimum Gasteiger partial charge on any atom is -0.457 e. The first-order chi connectivity index (χ1) is 33.4. The number of nitrogens with zero attached hydrogens (tertiary/aromatic N) is 3. The molecule has 2 N–H and O–H groups in total. The van der Waals surface area contributed by atoms with E-state index in [-0.39, 0.29) is 23.0 Å². The number of anilines is 1. The van der Waals surface area contributed by atoms with Gasteiger partial charge in [-0.05, 0) is 60.6 Å². The Labute approximate surface area is 414 Å². The van der Waals surface area contributed by atoms with Crippen molar-refractivity contribution in [1.82, 2.24) is 15.2 Å². The lowest BCUT2D eigenvalue weighted by atomic mass is 9.77. The molecule has 1 aromatic heterocycles. The van der Waals surface area contributed by atoms with E-state index in [0.29, 0.717) is 35.7 Å².